The lowest BCUT2D eigenvalue weighted by atomic mass is 10.0. The van der Waals surface area contributed by atoms with E-state index in [1.807, 2.05) is 0 Å². The molecule has 0 aliphatic heterocycles. The van der Waals surface area contributed by atoms with E-state index < -0.39 is 47.7 Å². The second kappa shape index (κ2) is 5.37. The molecular weight excluding hydrogens is 277 g/mol. The highest BCUT2D eigenvalue weighted by molar-refractivity contribution is 5.71. The van der Waals surface area contributed by atoms with Crippen LogP contribution in [0.1, 0.15) is 23.2 Å². The molecular formula is C10H8F5NO3. The average Bonchev–Trinajstić information content (AvgIpc) is 2.26. The molecule has 1 aromatic heterocycles. The van der Waals surface area contributed by atoms with Crippen LogP contribution in [-0.4, -0.2) is 23.2 Å². The van der Waals surface area contributed by atoms with Gasteiger partial charge in [0, 0.05) is 17.2 Å². The van der Waals surface area contributed by atoms with Gasteiger partial charge in [-0.3, -0.25) is 4.79 Å². The lowest BCUT2D eigenvalue weighted by Crippen LogP contribution is -2.17. The predicted molar refractivity (Wildman–Crippen MR) is 52.1 cm³/mol. The molecule has 0 fully saturated rings. The van der Waals surface area contributed by atoms with Crippen LogP contribution in [-0.2, 0) is 17.4 Å². The Bertz CT molecular complexity index is 487. The molecule has 0 spiro atoms. The molecule has 1 rings (SSSR count). The Balaban J connectivity index is 3.56. The maximum absolute atomic E-state index is 12.7. The summed E-state index contributed by atoms with van der Waals surface area (Å²) < 4.78 is 68.0. The number of hydrogen-bond donors (Lipinski definition) is 1. The number of pyridine rings is 1. The first-order valence-corrected chi connectivity index (χ1v) is 4.81. The average molecular weight is 285 g/mol. The number of carboxylic acid groups (broad SMARTS) is 1. The minimum absolute atomic E-state index is 0.595. The quantitative estimate of drug-likeness (QED) is 0.864. The van der Waals surface area contributed by atoms with Crippen molar-refractivity contribution in [3.05, 3.63) is 22.9 Å². The number of methoxy groups -OCH3 is 1. The van der Waals surface area contributed by atoms with Crippen molar-refractivity contribution in [1.29, 1.82) is 0 Å². The number of nitrogens with zero attached hydrogens (tertiary/aromatic N) is 1. The second-order valence-electron chi connectivity index (χ2n) is 3.45. The van der Waals surface area contributed by atoms with E-state index in [9.17, 15) is 26.7 Å². The fraction of sp³-hybridized carbons (Fsp3) is 0.400. The van der Waals surface area contributed by atoms with Crippen LogP contribution in [0.2, 0.25) is 0 Å². The molecule has 0 bridgehead atoms. The van der Waals surface area contributed by atoms with E-state index in [1.54, 1.807) is 0 Å². The molecule has 0 saturated carbocycles. The normalized spacial score (nSPS) is 11.7. The Kier molecular flexibility index (Phi) is 4.28. The van der Waals surface area contributed by atoms with Crippen LogP contribution in [0.25, 0.3) is 0 Å². The Morgan fingerprint density at radius 2 is 2.05 bits per heavy atom. The van der Waals surface area contributed by atoms with Crippen molar-refractivity contribution < 1.29 is 36.6 Å². The summed E-state index contributed by atoms with van der Waals surface area (Å²) in [5.41, 5.74) is -3.79. The Morgan fingerprint density at radius 1 is 1.47 bits per heavy atom. The lowest BCUT2D eigenvalue weighted by Gasteiger charge is -2.16. The number of carboxylic acids is 1. The zero-order valence-electron chi connectivity index (χ0n) is 9.46. The van der Waals surface area contributed by atoms with Gasteiger partial charge in [-0.05, 0) is 0 Å². The number of aromatic nitrogens is 1. The van der Waals surface area contributed by atoms with Gasteiger partial charge < -0.3 is 9.84 Å². The van der Waals surface area contributed by atoms with Crippen molar-refractivity contribution in [1.82, 2.24) is 4.98 Å². The number of halogens is 5. The minimum atomic E-state index is -5.05. The van der Waals surface area contributed by atoms with E-state index in [0.29, 0.717) is 6.07 Å². The van der Waals surface area contributed by atoms with Crippen LogP contribution in [0.4, 0.5) is 22.0 Å². The van der Waals surface area contributed by atoms with E-state index in [0.717, 1.165) is 7.11 Å². The molecule has 106 valence electrons. The van der Waals surface area contributed by atoms with E-state index in [4.69, 9.17) is 5.11 Å². The number of hydrogen-bond acceptors (Lipinski definition) is 3. The van der Waals surface area contributed by atoms with Gasteiger partial charge in [-0.2, -0.15) is 13.2 Å². The predicted octanol–water partition coefficient (Wildman–Crippen LogP) is 2.67. The molecule has 9 heteroatoms. The van der Waals surface area contributed by atoms with E-state index in [-0.39, 0.29) is 0 Å². The summed E-state index contributed by atoms with van der Waals surface area (Å²) in [7, 11) is 0.967. The fourth-order valence-corrected chi connectivity index (χ4v) is 1.44. The number of aliphatic carboxylic acids is 1. The molecule has 0 aliphatic carbocycles. The summed E-state index contributed by atoms with van der Waals surface area (Å²) >= 11 is 0. The van der Waals surface area contributed by atoms with Crippen molar-refractivity contribution in [2.75, 3.05) is 7.11 Å². The molecule has 1 aromatic rings. The van der Waals surface area contributed by atoms with Crippen LogP contribution in [0.5, 0.6) is 5.88 Å². The number of alkyl halides is 5. The van der Waals surface area contributed by atoms with Gasteiger partial charge in [0.15, 0.2) is 5.69 Å². The topological polar surface area (TPSA) is 59.4 Å². The minimum Gasteiger partial charge on any atom is -0.481 e. The second-order valence-corrected chi connectivity index (χ2v) is 3.45. The fourth-order valence-electron chi connectivity index (χ4n) is 1.44. The Morgan fingerprint density at radius 3 is 2.42 bits per heavy atom. The highest BCUT2D eigenvalue weighted by Gasteiger charge is 2.38. The highest BCUT2D eigenvalue weighted by atomic mass is 19.4. The molecule has 0 aromatic carbocycles. The van der Waals surface area contributed by atoms with Gasteiger partial charge in [0.1, 0.15) is 0 Å². The first-order chi connectivity index (χ1) is 8.66. The first-order valence-electron chi connectivity index (χ1n) is 4.81. The Hall–Kier alpha value is -1.93. The highest BCUT2D eigenvalue weighted by Crippen LogP contribution is 2.37. The van der Waals surface area contributed by atoms with Crippen molar-refractivity contribution in [2.45, 2.75) is 19.0 Å². The summed E-state index contributed by atoms with van der Waals surface area (Å²) in [5, 5.41) is 8.52. The van der Waals surface area contributed by atoms with E-state index in [1.165, 1.54) is 0 Å². The third-order valence-electron chi connectivity index (χ3n) is 2.18. The number of rotatable bonds is 4. The molecule has 4 nitrogen and oxygen atoms in total. The summed E-state index contributed by atoms with van der Waals surface area (Å²) in [6.07, 6.45) is -9.53. The van der Waals surface area contributed by atoms with Crippen molar-refractivity contribution in [3.63, 3.8) is 0 Å². The molecule has 0 amide bonds. The molecule has 1 N–H and O–H groups in total. The van der Waals surface area contributed by atoms with E-state index in [2.05, 4.69) is 9.72 Å². The van der Waals surface area contributed by atoms with Gasteiger partial charge in [-0.1, -0.05) is 0 Å². The van der Waals surface area contributed by atoms with Crippen LogP contribution < -0.4 is 4.74 Å². The van der Waals surface area contributed by atoms with Gasteiger partial charge in [0.05, 0.1) is 13.5 Å². The van der Waals surface area contributed by atoms with Crippen LogP contribution in [0.3, 0.4) is 0 Å². The molecule has 1 heterocycles. The smallest absolute Gasteiger partial charge is 0.433 e. The summed E-state index contributed by atoms with van der Waals surface area (Å²) in [6, 6.07) is 0.595. The third-order valence-corrected chi connectivity index (χ3v) is 2.18. The maximum Gasteiger partial charge on any atom is 0.433 e. The van der Waals surface area contributed by atoms with E-state index >= 15 is 0 Å². The molecule has 0 atom stereocenters. The largest absolute Gasteiger partial charge is 0.481 e. The van der Waals surface area contributed by atoms with Crippen LogP contribution >= 0.6 is 0 Å². The Labute approximate surface area is 103 Å². The molecule has 0 aliphatic rings. The monoisotopic (exact) mass is 285 g/mol. The maximum atomic E-state index is 12.7. The number of carbonyl (C=O) groups is 1. The van der Waals surface area contributed by atoms with Crippen molar-refractivity contribution in [2.24, 2.45) is 0 Å². The molecule has 19 heavy (non-hydrogen) atoms. The standard InChI is InChI=1S/C10H8F5NO3/c1-19-6-2-5(9(11)12)4(3-7(17)18)8(16-6)10(13,14)15/h2,9H,3H2,1H3,(H,17,18). The molecule has 0 radical (unpaired) electrons. The molecule has 0 saturated heterocycles. The lowest BCUT2D eigenvalue weighted by molar-refractivity contribution is -0.143. The first kappa shape index (κ1) is 15.1. The van der Waals surface area contributed by atoms with Gasteiger partial charge in [0.2, 0.25) is 5.88 Å². The third kappa shape index (κ3) is 3.52. The van der Waals surface area contributed by atoms with Crippen molar-refractivity contribution in [3.8, 4) is 5.88 Å². The zero-order valence-corrected chi connectivity index (χ0v) is 9.46. The van der Waals surface area contributed by atoms with Crippen LogP contribution in [0.15, 0.2) is 6.07 Å². The van der Waals surface area contributed by atoms with Gasteiger partial charge in [0.25, 0.3) is 6.43 Å². The van der Waals surface area contributed by atoms with Gasteiger partial charge in [-0.15, -0.1) is 0 Å². The SMILES string of the molecule is COc1cc(C(F)F)c(CC(=O)O)c(C(F)(F)F)n1. The van der Waals surface area contributed by atoms with Gasteiger partial charge in [-0.25, -0.2) is 13.8 Å². The van der Waals surface area contributed by atoms with Crippen molar-refractivity contribution >= 4 is 5.97 Å². The molecule has 0 unspecified atom stereocenters. The van der Waals surface area contributed by atoms with Gasteiger partial charge >= 0.3 is 12.1 Å². The zero-order chi connectivity index (χ0) is 14.8. The number of ether oxygens (including phenoxy) is 1. The summed E-state index contributed by atoms with van der Waals surface area (Å²) in [6.45, 7) is 0. The summed E-state index contributed by atoms with van der Waals surface area (Å²) in [4.78, 5) is 13.5. The summed E-state index contributed by atoms with van der Waals surface area (Å²) in [5.74, 6) is -2.32. The van der Waals surface area contributed by atoms with Crippen LogP contribution in [0, 0.1) is 0 Å².